The summed E-state index contributed by atoms with van der Waals surface area (Å²) >= 11 is 23.9. The number of ketones is 2. The zero-order valence-electron chi connectivity index (χ0n) is 35.3. The number of rotatable bonds is 14. The smallest absolute Gasteiger partial charge is 0.324 e. The number of azo groups is 2. The van der Waals surface area contributed by atoms with Gasteiger partial charge in [-0.1, -0.05) is 46.4 Å². The quantitative estimate of drug-likeness (QED) is 0.0484. The third kappa shape index (κ3) is 13.5. The van der Waals surface area contributed by atoms with Crippen molar-refractivity contribution in [3.05, 3.63) is 138 Å². The number of benzene rings is 5. The molecule has 0 aliphatic rings. The van der Waals surface area contributed by atoms with E-state index >= 15 is 0 Å². The average molecular weight is 1020 g/mol. The predicted molar refractivity (Wildman–Crippen MR) is 243 cm³/mol. The highest BCUT2D eigenvalue weighted by atomic mass is 35.5. The Morgan fingerprint density at radius 3 is 1.16 bits per heavy atom. The van der Waals surface area contributed by atoms with Crippen LogP contribution in [0.5, 0.6) is 0 Å². The van der Waals surface area contributed by atoms with E-state index in [1.54, 1.807) is 13.8 Å². The van der Waals surface area contributed by atoms with E-state index in [1.165, 1.54) is 48.5 Å². The molecule has 0 fully saturated rings. The third-order valence-electron chi connectivity index (χ3n) is 9.50. The maximum atomic E-state index is 13.4. The molecule has 2 atom stereocenters. The van der Waals surface area contributed by atoms with E-state index in [4.69, 9.17) is 46.4 Å². The summed E-state index contributed by atoms with van der Waals surface area (Å²) in [6.07, 6.45) is -9.43. The molecule has 2 unspecified atom stereocenters. The van der Waals surface area contributed by atoms with Crippen LogP contribution in [-0.4, -0.2) is 47.3 Å². The summed E-state index contributed by atoms with van der Waals surface area (Å²) in [4.78, 5) is 77.8. The van der Waals surface area contributed by atoms with Crippen LogP contribution in [0.1, 0.15) is 56.8 Å². The van der Waals surface area contributed by atoms with Crippen LogP contribution in [0, 0.1) is 13.8 Å². The summed E-state index contributed by atoms with van der Waals surface area (Å²) in [7, 11) is 0. The molecule has 4 N–H and O–H groups in total. The number of anilines is 4. The standard InChI is InChI=1S/C44H32Cl4F6N8O6/c1-19-20(2)36(58-42(68)38(22(4)64)62-60-30-14-24(12-26(46)16-30)40(66)56-28-6-8-32(34(48)18-28)44(52,53)54)10-9-35(19)57-41(67)37(21(3)63)61-59-29-13-23(11-25(45)15-29)39(65)55-27-5-7-31(33(47)17-27)43(49,50)51/h5-18,37-38H,1-4H3,(H,55,65)(H,56,66)(H,57,67)(H,58,68). The first-order valence-electron chi connectivity index (χ1n) is 19.2. The number of nitrogens with one attached hydrogen (secondary N) is 4. The molecule has 68 heavy (non-hydrogen) atoms. The highest BCUT2D eigenvalue weighted by molar-refractivity contribution is 6.33. The van der Waals surface area contributed by atoms with Crippen LogP contribution in [0.2, 0.25) is 20.1 Å². The number of alkyl halides is 6. The zero-order chi connectivity index (χ0) is 50.4. The molecule has 14 nitrogen and oxygen atoms in total. The molecule has 0 radical (unpaired) electrons. The molecule has 0 aromatic heterocycles. The van der Waals surface area contributed by atoms with Gasteiger partial charge in [-0.05, 0) is 124 Å². The molecule has 5 rings (SSSR count). The van der Waals surface area contributed by atoms with Gasteiger partial charge >= 0.3 is 12.4 Å². The van der Waals surface area contributed by atoms with E-state index in [1.807, 2.05) is 0 Å². The number of halogens is 10. The maximum Gasteiger partial charge on any atom is 0.417 e. The molecule has 0 saturated heterocycles. The normalized spacial score (nSPS) is 12.7. The number of hydrogen-bond acceptors (Lipinski definition) is 10. The van der Waals surface area contributed by atoms with E-state index < -0.39 is 80.8 Å². The number of hydrogen-bond donors (Lipinski definition) is 4. The largest absolute Gasteiger partial charge is 0.417 e. The fourth-order valence-corrected chi connectivity index (χ4v) is 6.99. The molecule has 354 valence electrons. The molecule has 0 aliphatic heterocycles. The van der Waals surface area contributed by atoms with Gasteiger partial charge in [0.2, 0.25) is 12.1 Å². The fourth-order valence-electron chi connectivity index (χ4n) is 5.96. The zero-order valence-corrected chi connectivity index (χ0v) is 38.3. The molecule has 4 amide bonds. The Kier molecular flexibility index (Phi) is 16.5. The number of nitrogens with zero attached hydrogens (tertiary/aromatic N) is 4. The number of carbonyl (C=O) groups is 6. The van der Waals surface area contributed by atoms with Gasteiger partial charge in [-0.3, -0.25) is 28.8 Å². The van der Waals surface area contributed by atoms with Gasteiger partial charge in [-0.15, -0.1) is 0 Å². The minimum Gasteiger partial charge on any atom is -0.324 e. The SMILES string of the molecule is CC(=O)C(N=Nc1cc(Cl)cc(C(=O)Nc2ccc(C(F)(F)F)c(Cl)c2)c1)C(=O)Nc1ccc(NC(=O)C(N=Nc2cc(Cl)cc(C(=O)Nc3ccc(C(F)(F)F)c(Cl)c3)c2)C(C)=O)c(C)c1C. The number of Topliss-reactive ketones (excluding diaryl/α,β-unsaturated/α-hetero) is 2. The molecule has 0 spiro atoms. The Morgan fingerprint density at radius 1 is 0.500 bits per heavy atom. The molecule has 5 aromatic carbocycles. The lowest BCUT2D eigenvalue weighted by atomic mass is 10.0. The molecule has 0 bridgehead atoms. The molecular weight excluding hydrogens is 992 g/mol. The van der Waals surface area contributed by atoms with Crippen molar-refractivity contribution < 1.29 is 55.1 Å². The topological polar surface area (TPSA) is 200 Å². The van der Waals surface area contributed by atoms with Crippen LogP contribution in [0.4, 0.5) is 60.5 Å². The second-order valence-corrected chi connectivity index (χ2v) is 16.2. The number of carbonyl (C=O) groups excluding carboxylic acids is 6. The Balaban J connectivity index is 1.25. The molecule has 0 saturated carbocycles. The molecule has 0 aliphatic carbocycles. The van der Waals surface area contributed by atoms with E-state index in [9.17, 15) is 55.1 Å². The van der Waals surface area contributed by atoms with Crippen LogP contribution in [-0.2, 0) is 31.5 Å². The average Bonchev–Trinajstić information content (AvgIpc) is 3.22. The Morgan fingerprint density at radius 2 is 0.853 bits per heavy atom. The van der Waals surface area contributed by atoms with Gasteiger partial charge < -0.3 is 21.3 Å². The van der Waals surface area contributed by atoms with Crippen molar-refractivity contribution in [3.8, 4) is 0 Å². The van der Waals surface area contributed by atoms with Gasteiger partial charge in [0, 0.05) is 43.9 Å². The molecule has 24 heteroatoms. The minimum absolute atomic E-state index is 0.0104. The van der Waals surface area contributed by atoms with Crippen LogP contribution >= 0.6 is 46.4 Å². The lowest BCUT2D eigenvalue weighted by molar-refractivity contribution is -0.138. The van der Waals surface area contributed by atoms with Crippen LogP contribution in [0.3, 0.4) is 0 Å². The van der Waals surface area contributed by atoms with Crippen molar-refractivity contribution in [2.24, 2.45) is 20.5 Å². The van der Waals surface area contributed by atoms with Crippen LogP contribution < -0.4 is 21.3 Å². The monoisotopic (exact) mass is 1020 g/mol. The Bertz CT molecular complexity index is 2740. The fraction of sp³-hybridized carbons (Fsp3) is 0.182. The first-order chi connectivity index (χ1) is 31.7. The van der Waals surface area contributed by atoms with Crippen molar-refractivity contribution >= 4 is 116 Å². The number of amides is 4. The van der Waals surface area contributed by atoms with Crippen LogP contribution in [0.25, 0.3) is 0 Å². The highest BCUT2D eigenvalue weighted by Gasteiger charge is 2.34. The first kappa shape index (κ1) is 52.2. The van der Waals surface area contributed by atoms with Crippen molar-refractivity contribution in [1.82, 2.24) is 0 Å². The van der Waals surface area contributed by atoms with Gasteiger partial charge in [0.25, 0.3) is 23.6 Å². The van der Waals surface area contributed by atoms with Crippen molar-refractivity contribution in [2.45, 2.75) is 52.1 Å². The Hall–Kier alpha value is -6.74. The van der Waals surface area contributed by atoms with E-state index in [2.05, 4.69) is 41.7 Å². The second kappa shape index (κ2) is 21.5. The Labute approximate surface area is 401 Å². The molecule has 5 aromatic rings. The lowest BCUT2D eigenvalue weighted by Crippen LogP contribution is -2.33. The second-order valence-electron chi connectivity index (χ2n) is 14.5. The summed E-state index contributed by atoms with van der Waals surface area (Å²) in [6, 6.07) is 12.1. The van der Waals surface area contributed by atoms with Crippen molar-refractivity contribution in [3.63, 3.8) is 0 Å². The summed E-state index contributed by atoms with van der Waals surface area (Å²) in [5, 5.41) is 24.3. The minimum atomic E-state index is -4.71. The molecular formula is C44H32Cl4F6N8O6. The molecule has 0 heterocycles. The third-order valence-corrected chi connectivity index (χ3v) is 10.6. The summed E-state index contributed by atoms with van der Waals surface area (Å²) in [5.74, 6) is -4.90. The summed E-state index contributed by atoms with van der Waals surface area (Å²) in [5.41, 5.74) is -1.41. The van der Waals surface area contributed by atoms with Crippen LogP contribution in [0.15, 0.2) is 105 Å². The first-order valence-corrected chi connectivity index (χ1v) is 20.7. The maximum absolute atomic E-state index is 13.4. The van der Waals surface area contributed by atoms with Gasteiger partial charge in [-0.2, -0.15) is 46.8 Å². The summed E-state index contributed by atoms with van der Waals surface area (Å²) in [6.45, 7) is 5.34. The van der Waals surface area contributed by atoms with Gasteiger partial charge in [0.15, 0.2) is 11.6 Å². The van der Waals surface area contributed by atoms with Crippen molar-refractivity contribution in [2.75, 3.05) is 21.3 Å². The van der Waals surface area contributed by atoms with E-state index in [0.717, 1.165) is 38.1 Å². The van der Waals surface area contributed by atoms with E-state index in [0.29, 0.717) is 23.3 Å². The lowest BCUT2D eigenvalue weighted by Gasteiger charge is -2.17. The highest BCUT2D eigenvalue weighted by Crippen LogP contribution is 2.38. The van der Waals surface area contributed by atoms with Gasteiger partial charge in [0.05, 0.1) is 32.5 Å². The van der Waals surface area contributed by atoms with E-state index in [-0.39, 0.29) is 55.3 Å². The predicted octanol–water partition coefficient (Wildman–Crippen LogP) is 12.8. The van der Waals surface area contributed by atoms with Crippen molar-refractivity contribution in [1.29, 1.82) is 0 Å². The van der Waals surface area contributed by atoms with Gasteiger partial charge in [0.1, 0.15) is 0 Å². The van der Waals surface area contributed by atoms with Gasteiger partial charge in [-0.25, -0.2) is 0 Å². The summed E-state index contributed by atoms with van der Waals surface area (Å²) < 4.78 is 78.7.